The molecule has 2 rings (SSSR count). The maximum Gasteiger partial charge on any atom is 0.104 e. The number of hydrogen-bond acceptors (Lipinski definition) is 2. The van der Waals surface area contributed by atoms with Crippen molar-refractivity contribution >= 4 is 6.08 Å². The van der Waals surface area contributed by atoms with Crippen LogP contribution in [0.1, 0.15) is 11.1 Å². The molecule has 2 nitrogen and oxygen atoms in total. The van der Waals surface area contributed by atoms with E-state index >= 15 is 0 Å². The second kappa shape index (κ2) is 4.40. The van der Waals surface area contributed by atoms with Crippen LogP contribution in [0.15, 0.2) is 30.8 Å². The summed E-state index contributed by atoms with van der Waals surface area (Å²) in [5.41, 5.74) is 2.33. The lowest BCUT2D eigenvalue weighted by atomic mass is 10.1. The third-order valence-electron chi connectivity index (χ3n) is 2.24. The van der Waals surface area contributed by atoms with Crippen LogP contribution in [-0.2, 0) is 16.1 Å². The van der Waals surface area contributed by atoms with Gasteiger partial charge in [0.2, 0.25) is 0 Å². The van der Waals surface area contributed by atoms with Crippen LogP contribution in [0, 0.1) is 0 Å². The Morgan fingerprint density at radius 3 is 3.00 bits per heavy atom. The van der Waals surface area contributed by atoms with Gasteiger partial charge in [-0.25, -0.2) is 0 Å². The number of benzene rings is 1. The normalized spacial score (nSPS) is 19.3. The third-order valence-corrected chi connectivity index (χ3v) is 2.24. The molecule has 1 heterocycles. The van der Waals surface area contributed by atoms with E-state index in [1.165, 1.54) is 5.56 Å². The fourth-order valence-electron chi connectivity index (χ4n) is 1.33. The van der Waals surface area contributed by atoms with E-state index in [9.17, 15) is 0 Å². The maximum absolute atomic E-state index is 5.51. The first kappa shape index (κ1) is 9.44. The molecule has 0 spiro atoms. The highest BCUT2D eigenvalue weighted by atomic mass is 16.6. The minimum Gasteiger partial charge on any atom is -0.374 e. The van der Waals surface area contributed by atoms with Gasteiger partial charge in [0, 0.05) is 0 Å². The molecule has 1 saturated heterocycles. The molecule has 1 aliphatic heterocycles. The molecular weight excluding hydrogens is 176 g/mol. The standard InChI is InChI=1S/C12H14O2/c1-2-10-5-3-4-6-11(10)7-13-8-12-9-14-12/h2-6,12H,1,7-9H2. The molecule has 0 aromatic heterocycles. The molecule has 0 amide bonds. The van der Waals surface area contributed by atoms with Crippen molar-refractivity contribution in [2.24, 2.45) is 0 Å². The van der Waals surface area contributed by atoms with Crippen LogP contribution in [0.2, 0.25) is 0 Å². The van der Waals surface area contributed by atoms with E-state index in [1.807, 2.05) is 24.3 Å². The summed E-state index contributed by atoms with van der Waals surface area (Å²) in [5.74, 6) is 0. The number of hydrogen-bond donors (Lipinski definition) is 0. The highest BCUT2D eigenvalue weighted by Crippen LogP contribution is 2.13. The van der Waals surface area contributed by atoms with Crippen LogP contribution in [0.4, 0.5) is 0 Å². The molecular formula is C12H14O2. The Morgan fingerprint density at radius 2 is 2.29 bits per heavy atom. The topological polar surface area (TPSA) is 21.8 Å². The zero-order valence-corrected chi connectivity index (χ0v) is 8.11. The predicted octanol–water partition coefficient (Wildman–Crippen LogP) is 2.25. The van der Waals surface area contributed by atoms with E-state index in [4.69, 9.17) is 9.47 Å². The first-order valence-electron chi connectivity index (χ1n) is 4.80. The number of ether oxygens (including phenoxy) is 2. The zero-order valence-electron chi connectivity index (χ0n) is 8.11. The van der Waals surface area contributed by atoms with Crippen LogP contribution in [0.3, 0.4) is 0 Å². The molecule has 2 heteroatoms. The predicted molar refractivity (Wildman–Crippen MR) is 55.9 cm³/mol. The molecule has 14 heavy (non-hydrogen) atoms. The average Bonchev–Trinajstić information content (AvgIpc) is 3.03. The van der Waals surface area contributed by atoms with Gasteiger partial charge in [-0.1, -0.05) is 36.9 Å². The van der Waals surface area contributed by atoms with Gasteiger partial charge in [0.15, 0.2) is 0 Å². The first-order valence-corrected chi connectivity index (χ1v) is 4.80. The molecule has 1 aromatic rings. The van der Waals surface area contributed by atoms with E-state index in [0.29, 0.717) is 19.3 Å². The molecule has 74 valence electrons. The average molecular weight is 190 g/mol. The van der Waals surface area contributed by atoms with Crippen LogP contribution < -0.4 is 0 Å². The van der Waals surface area contributed by atoms with Crippen LogP contribution in [0.25, 0.3) is 6.08 Å². The fraction of sp³-hybridized carbons (Fsp3) is 0.333. The largest absolute Gasteiger partial charge is 0.374 e. The van der Waals surface area contributed by atoms with Crippen LogP contribution in [0.5, 0.6) is 0 Å². The van der Waals surface area contributed by atoms with Gasteiger partial charge in [0.05, 0.1) is 19.8 Å². The van der Waals surface area contributed by atoms with E-state index in [2.05, 4.69) is 12.6 Å². The maximum atomic E-state index is 5.51. The Morgan fingerprint density at radius 1 is 1.50 bits per heavy atom. The Kier molecular flexibility index (Phi) is 2.96. The Hall–Kier alpha value is -1.12. The lowest BCUT2D eigenvalue weighted by Crippen LogP contribution is -2.02. The highest BCUT2D eigenvalue weighted by Gasteiger charge is 2.22. The van der Waals surface area contributed by atoms with Gasteiger partial charge < -0.3 is 9.47 Å². The van der Waals surface area contributed by atoms with Crippen molar-refractivity contribution < 1.29 is 9.47 Å². The van der Waals surface area contributed by atoms with Crippen LogP contribution in [-0.4, -0.2) is 19.3 Å². The quantitative estimate of drug-likeness (QED) is 0.664. The third kappa shape index (κ3) is 2.44. The zero-order chi connectivity index (χ0) is 9.80. The minimum atomic E-state index is 0.339. The fourth-order valence-corrected chi connectivity index (χ4v) is 1.33. The Bertz CT molecular complexity index is 316. The van der Waals surface area contributed by atoms with E-state index < -0.39 is 0 Å². The number of rotatable bonds is 5. The van der Waals surface area contributed by atoms with Crippen LogP contribution >= 0.6 is 0 Å². The summed E-state index contributed by atoms with van der Waals surface area (Å²) in [4.78, 5) is 0. The highest BCUT2D eigenvalue weighted by molar-refractivity contribution is 5.51. The second-order valence-corrected chi connectivity index (χ2v) is 3.37. The lowest BCUT2D eigenvalue weighted by Gasteiger charge is -2.05. The van der Waals surface area contributed by atoms with Crippen molar-refractivity contribution in [3.05, 3.63) is 42.0 Å². The van der Waals surface area contributed by atoms with Gasteiger partial charge in [-0.05, 0) is 11.1 Å². The molecule has 0 N–H and O–H groups in total. The minimum absolute atomic E-state index is 0.339. The molecule has 1 unspecified atom stereocenters. The molecule has 0 aliphatic carbocycles. The van der Waals surface area contributed by atoms with Gasteiger partial charge in [0.25, 0.3) is 0 Å². The molecule has 0 bridgehead atoms. The van der Waals surface area contributed by atoms with Crippen molar-refractivity contribution in [3.8, 4) is 0 Å². The summed E-state index contributed by atoms with van der Waals surface area (Å²) in [5, 5.41) is 0. The second-order valence-electron chi connectivity index (χ2n) is 3.37. The summed E-state index contributed by atoms with van der Waals surface area (Å²) in [6.07, 6.45) is 2.19. The smallest absolute Gasteiger partial charge is 0.104 e. The summed E-state index contributed by atoms with van der Waals surface area (Å²) < 4.78 is 10.6. The molecule has 1 atom stereocenters. The molecule has 1 aliphatic rings. The summed E-state index contributed by atoms with van der Waals surface area (Å²) >= 11 is 0. The Balaban J connectivity index is 1.89. The van der Waals surface area contributed by atoms with E-state index in [1.54, 1.807) is 0 Å². The molecule has 1 fully saturated rings. The van der Waals surface area contributed by atoms with Crippen molar-refractivity contribution in [3.63, 3.8) is 0 Å². The van der Waals surface area contributed by atoms with Crippen molar-refractivity contribution in [2.75, 3.05) is 13.2 Å². The number of epoxide rings is 1. The summed E-state index contributed by atoms with van der Waals surface area (Å²) in [6.45, 7) is 5.96. The SMILES string of the molecule is C=Cc1ccccc1COCC1CO1. The van der Waals surface area contributed by atoms with Gasteiger partial charge in [-0.2, -0.15) is 0 Å². The van der Waals surface area contributed by atoms with Crippen molar-refractivity contribution in [1.82, 2.24) is 0 Å². The van der Waals surface area contributed by atoms with Gasteiger partial charge in [0.1, 0.15) is 6.10 Å². The summed E-state index contributed by atoms with van der Waals surface area (Å²) in [7, 11) is 0. The molecule has 0 saturated carbocycles. The first-order chi connectivity index (χ1) is 6.90. The van der Waals surface area contributed by atoms with E-state index in [-0.39, 0.29) is 0 Å². The molecule has 1 aromatic carbocycles. The van der Waals surface area contributed by atoms with Gasteiger partial charge in [-0.3, -0.25) is 0 Å². The van der Waals surface area contributed by atoms with Gasteiger partial charge >= 0.3 is 0 Å². The Labute approximate surface area is 84.2 Å². The summed E-state index contributed by atoms with van der Waals surface area (Å²) in [6, 6.07) is 8.12. The van der Waals surface area contributed by atoms with Crippen molar-refractivity contribution in [2.45, 2.75) is 12.7 Å². The molecule has 0 radical (unpaired) electrons. The van der Waals surface area contributed by atoms with Crippen molar-refractivity contribution in [1.29, 1.82) is 0 Å². The van der Waals surface area contributed by atoms with Gasteiger partial charge in [-0.15, -0.1) is 0 Å². The van der Waals surface area contributed by atoms with E-state index in [0.717, 1.165) is 12.2 Å². The lowest BCUT2D eigenvalue weighted by molar-refractivity contribution is 0.104. The monoisotopic (exact) mass is 190 g/mol.